The molecule has 0 bridgehead atoms. The fraction of sp³-hybridized carbons (Fsp3) is 0.217. The minimum absolute atomic E-state index is 0.0282. The number of nitrogens with zero attached hydrogens (tertiary/aromatic N) is 1. The van der Waals surface area contributed by atoms with Crippen LogP contribution < -0.4 is 10.6 Å². The van der Waals surface area contributed by atoms with E-state index in [-0.39, 0.29) is 24.8 Å². The third-order valence-electron chi connectivity index (χ3n) is 5.23. The first-order valence-electron chi connectivity index (χ1n) is 10.0. The maximum atomic E-state index is 12.3. The molecule has 0 fully saturated rings. The standard InChI is InChI=1S/C23H21N3O5S/c1-13(22(28)29)25-21(27)19-12-32-20(26-19)10-24-23(30)31-11-18-16-8-4-2-6-14(16)15-7-3-5-9-17(15)18/h2-9,12-13,18H,10-11H2,1H3,(H,24,30)(H,25,27)(H,28,29)/t13-/m0/s1. The SMILES string of the molecule is C[C@H](NC(=O)c1csc(CNC(=O)OCC2c3ccccc3-c3ccccc32)n1)C(=O)O. The second-order valence-corrected chi connectivity index (χ2v) is 8.28. The van der Waals surface area contributed by atoms with E-state index >= 15 is 0 Å². The van der Waals surface area contributed by atoms with Crippen molar-refractivity contribution in [1.29, 1.82) is 0 Å². The molecule has 4 rings (SSSR count). The first-order valence-corrected chi connectivity index (χ1v) is 10.9. The third-order valence-corrected chi connectivity index (χ3v) is 6.08. The van der Waals surface area contributed by atoms with Gasteiger partial charge in [-0.25, -0.2) is 9.78 Å². The molecule has 3 N–H and O–H groups in total. The molecule has 1 heterocycles. The van der Waals surface area contributed by atoms with E-state index in [1.165, 1.54) is 23.6 Å². The normalized spacial score (nSPS) is 13.0. The zero-order chi connectivity index (χ0) is 22.7. The topological polar surface area (TPSA) is 118 Å². The molecule has 9 heteroatoms. The van der Waals surface area contributed by atoms with Crippen LogP contribution in [0, 0.1) is 0 Å². The van der Waals surface area contributed by atoms with Gasteiger partial charge >= 0.3 is 12.1 Å². The highest BCUT2D eigenvalue weighted by Gasteiger charge is 2.29. The van der Waals surface area contributed by atoms with Crippen LogP contribution >= 0.6 is 11.3 Å². The van der Waals surface area contributed by atoms with E-state index in [0.29, 0.717) is 5.01 Å². The Kier molecular flexibility index (Phi) is 6.18. The predicted octanol–water partition coefficient (Wildman–Crippen LogP) is 3.38. The average Bonchev–Trinajstić information content (AvgIpc) is 3.39. The smallest absolute Gasteiger partial charge is 0.407 e. The quantitative estimate of drug-likeness (QED) is 0.507. The molecule has 3 aromatic rings. The Morgan fingerprint density at radius 1 is 1.09 bits per heavy atom. The van der Waals surface area contributed by atoms with Crippen molar-refractivity contribution < 1.29 is 24.2 Å². The lowest BCUT2D eigenvalue weighted by atomic mass is 9.98. The number of benzene rings is 2. The summed E-state index contributed by atoms with van der Waals surface area (Å²) >= 11 is 1.19. The van der Waals surface area contributed by atoms with Crippen molar-refractivity contribution in [3.63, 3.8) is 0 Å². The van der Waals surface area contributed by atoms with Crippen molar-refractivity contribution in [2.24, 2.45) is 0 Å². The lowest BCUT2D eigenvalue weighted by molar-refractivity contribution is -0.138. The summed E-state index contributed by atoms with van der Waals surface area (Å²) in [5.41, 5.74) is 4.68. The van der Waals surface area contributed by atoms with Gasteiger partial charge in [0.25, 0.3) is 5.91 Å². The number of ether oxygens (including phenoxy) is 1. The number of carbonyl (C=O) groups is 3. The number of alkyl carbamates (subject to hydrolysis) is 1. The molecule has 0 aliphatic heterocycles. The number of nitrogens with one attached hydrogen (secondary N) is 2. The van der Waals surface area contributed by atoms with Crippen LogP contribution in [0.25, 0.3) is 11.1 Å². The van der Waals surface area contributed by atoms with Gasteiger partial charge in [0, 0.05) is 11.3 Å². The van der Waals surface area contributed by atoms with Crippen LogP contribution in [0.5, 0.6) is 0 Å². The van der Waals surface area contributed by atoms with Crippen LogP contribution in [0.15, 0.2) is 53.9 Å². The van der Waals surface area contributed by atoms with E-state index in [4.69, 9.17) is 9.84 Å². The molecule has 1 aliphatic rings. The van der Waals surface area contributed by atoms with E-state index in [0.717, 1.165) is 22.3 Å². The molecule has 2 aromatic carbocycles. The number of carboxylic acids is 1. The summed E-state index contributed by atoms with van der Waals surface area (Å²) < 4.78 is 5.48. The molecule has 1 atom stereocenters. The molecular weight excluding hydrogens is 430 g/mol. The van der Waals surface area contributed by atoms with Gasteiger partial charge in [0.2, 0.25) is 0 Å². The van der Waals surface area contributed by atoms with Crippen LogP contribution in [0.4, 0.5) is 4.79 Å². The molecule has 0 radical (unpaired) electrons. The Bertz CT molecular complexity index is 1130. The van der Waals surface area contributed by atoms with Crippen LogP contribution in [0.3, 0.4) is 0 Å². The number of aliphatic carboxylic acids is 1. The van der Waals surface area contributed by atoms with E-state index < -0.39 is 24.0 Å². The summed E-state index contributed by atoms with van der Waals surface area (Å²) in [6.07, 6.45) is -0.576. The Labute approximate surface area is 188 Å². The summed E-state index contributed by atoms with van der Waals surface area (Å²) in [4.78, 5) is 39.3. The molecular formula is C23H21N3O5S. The van der Waals surface area contributed by atoms with Gasteiger partial charge in [-0.3, -0.25) is 9.59 Å². The fourth-order valence-electron chi connectivity index (χ4n) is 3.63. The molecule has 0 saturated heterocycles. The zero-order valence-electron chi connectivity index (χ0n) is 17.2. The fourth-order valence-corrected chi connectivity index (χ4v) is 4.34. The molecule has 2 amide bonds. The first-order chi connectivity index (χ1) is 15.4. The van der Waals surface area contributed by atoms with Crippen molar-refractivity contribution in [1.82, 2.24) is 15.6 Å². The zero-order valence-corrected chi connectivity index (χ0v) is 18.0. The third kappa shape index (κ3) is 4.47. The van der Waals surface area contributed by atoms with Crippen molar-refractivity contribution in [2.45, 2.75) is 25.4 Å². The molecule has 0 saturated carbocycles. The number of carboxylic acid groups (broad SMARTS) is 1. The molecule has 8 nitrogen and oxygen atoms in total. The number of hydrogen-bond acceptors (Lipinski definition) is 6. The summed E-state index contributed by atoms with van der Waals surface area (Å²) in [5.74, 6) is -1.74. The Hall–Kier alpha value is -3.72. The van der Waals surface area contributed by atoms with E-state index in [2.05, 4.69) is 39.9 Å². The number of thiazole rings is 1. The molecule has 32 heavy (non-hydrogen) atoms. The van der Waals surface area contributed by atoms with Crippen molar-refractivity contribution in [3.05, 3.63) is 75.7 Å². The Morgan fingerprint density at radius 2 is 1.72 bits per heavy atom. The molecule has 1 aliphatic carbocycles. The van der Waals surface area contributed by atoms with Crippen LogP contribution in [0.2, 0.25) is 0 Å². The summed E-state index contributed by atoms with van der Waals surface area (Å²) in [7, 11) is 0. The monoisotopic (exact) mass is 451 g/mol. The number of amides is 2. The first kappa shape index (κ1) is 21.5. The highest BCUT2D eigenvalue weighted by atomic mass is 32.1. The largest absolute Gasteiger partial charge is 0.480 e. The second kappa shape index (κ2) is 9.19. The second-order valence-electron chi connectivity index (χ2n) is 7.34. The lowest BCUT2D eigenvalue weighted by Gasteiger charge is -2.14. The van der Waals surface area contributed by atoms with Gasteiger partial charge in [-0.15, -0.1) is 11.3 Å². The Morgan fingerprint density at radius 3 is 2.34 bits per heavy atom. The lowest BCUT2D eigenvalue weighted by Crippen LogP contribution is -2.38. The van der Waals surface area contributed by atoms with E-state index in [9.17, 15) is 14.4 Å². The van der Waals surface area contributed by atoms with Crippen molar-refractivity contribution in [3.8, 4) is 11.1 Å². The van der Waals surface area contributed by atoms with Gasteiger partial charge in [-0.2, -0.15) is 0 Å². The molecule has 164 valence electrons. The number of hydrogen-bond donors (Lipinski definition) is 3. The van der Waals surface area contributed by atoms with Gasteiger partial charge in [0.05, 0.1) is 6.54 Å². The minimum Gasteiger partial charge on any atom is -0.480 e. The summed E-state index contributed by atoms with van der Waals surface area (Å²) in [6, 6.07) is 15.2. The predicted molar refractivity (Wildman–Crippen MR) is 119 cm³/mol. The maximum absolute atomic E-state index is 12.3. The number of aromatic nitrogens is 1. The minimum atomic E-state index is -1.13. The van der Waals surface area contributed by atoms with Crippen molar-refractivity contribution >= 4 is 29.3 Å². The average molecular weight is 452 g/mol. The van der Waals surface area contributed by atoms with Gasteiger partial charge in [-0.1, -0.05) is 48.5 Å². The van der Waals surface area contributed by atoms with E-state index in [1.807, 2.05) is 24.3 Å². The van der Waals surface area contributed by atoms with Crippen molar-refractivity contribution in [2.75, 3.05) is 6.61 Å². The maximum Gasteiger partial charge on any atom is 0.407 e. The number of rotatable bonds is 7. The van der Waals surface area contributed by atoms with Gasteiger partial charge < -0.3 is 20.5 Å². The molecule has 0 spiro atoms. The number of fused-ring (bicyclic) bond motifs is 3. The molecule has 0 unspecified atom stereocenters. The van der Waals surface area contributed by atoms with Crippen LogP contribution in [-0.4, -0.2) is 40.7 Å². The van der Waals surface area contributed by atoms with Gasteiger partial charge in [0.1, 0.15) is 23.4 Å². The molecule has 1 aromatic heterocycles. The van der Waals surface area contributed by atoms with E-state index in [1.54, 1.807) is 0 Å². The van der Waals surface area contributed by atoms with Crippen LogP contribution in [-0.2, 0) is 16.1 Å². The van der Waals surface area contributed by atoms with Gasteiger partial charge in [0.15, 0.2) is 0 Å². The Balaban J connectivity index is 1.32. The van der Waals surface area contributed by atoms with Gasteiger partial charge in [-0.05, 0) is 29.2 Å². The number of carbonyl (C=O) groups excluding carboxylic acids is 2. The highest BCUT2D eigenvalue weighted by molar-refractivity contribution is 7.09. The summed E-state index contributed by atoms with van der Waals surface area (Å²) in [5, 5.41) is 15.9. The highest BCUT2D eigenvalue weighted by Crippen LogP contribution is 2.44. The summed E-state index contributed by atoms with van der Waals surface area (Å²) in [6.45, 7) is 1.67. The van der Waals surface area contributed by atoms with Crippen LogP contribution in [0.1, 0.15) is 39.5 Å².